The number of amidine groups is 1. The molecular weight excluding hydrogens is 338 g/mol. The summed E-state index contributed by atoms with van der Waals surface area (Å²) in [5.41, 5.74) is 0.699. The molecule has 6 nitrogen and oxygen atoms in total. The van der Waals surface area contributed by atoms with E-state index < -0.39 is 15.9 Å². The molecule has 0 aromatic heterocycles. The van der Waals surface area contributed by atoms with Crippen molar-refractivity contribution in [2.45, 2.75) is 11.3 Å². The van der Waals surface area contributed by atoms with Crippen LogP contribution in [0.15, 0.2) is 71.6 Å². The number of amides is 1. The highest BCUT2D eigenvalue weighted by Crippen LogP contribution is 2.17. The van der Waals surface area contributed by atoms with E-state index in [0.717, 1.165) is 0 Å². The van der Waals surface area contributed by atoms with Gasteiger partial charge >= 0.3 is 11.7 Å². The number of nitrogens with one attached hydrogen (secondary N) is 2. The van der Waals surface area contributed by atoms with Crippen LogP contribution in [0.5, 0.6) is 0 Å². The predicted octanol–water partition coefficient (Wildman–Crippen LogP) is 1.71. The Hall–Kier alpha value is -3.15. The Bertz CT molecular complexity index is 989. The van der Waals surface area contributed by atoms with Crippen LogP contribution >= 0.6 is 0 Å². The first-order valence-electron chi connectivity index (χ1n) is 7.59. The third kappa shape index (κ3) is 4.23. The minimum atomic E-state index is -3.78. The van der Waals surface area contributed by atoms with Crippen LogP contribution < -0.4 is 14.7 Å². The maximum absolute atomic E-state index is 12.5. The second-order valence-corrected chi connectivity index (χ2v) is 6.99. The lowest BCUT2D eigenvalue weighted by Gasteiger charge is -2.08. The number of para-hydroxylation sites is 1. The zero-order chi connectivity index (χ0) is 17.7. The lowest BCUT2D eigenvalue weighted by atomic mass is 10.2. The van der Waals surface area contributed by atoms with Gasteiger partial charge in [0.05, 0.1) is 16.9 Å². The van der Waals surface area contributed by atoms with E-state index in [0.29, 0.717) is 17.9 Å². The predicted molar refractivity (Wildman–Crippen MR) is 98.1 cm³/mol. The van der Waals surface area contributed by atoms with Crippen LogP contribution in [0.4, 0.5) is 5.69 Å². The highest BCUT2D eigenvalue weighted by Gasteiger charge is 2.20. The number of rotatable bonds is 4. The quantitative estimate of drug-likeness (QED) is 0.819. The van der Waals surface area contributed by atoms with Crippen LogP contribution in [0, 0.1) is 0 Å². The van der Waals surface area contributed by atoms with E-state index in [1.165, 1.54) is 18.2 Å². The number of allylic oxidation sites excluding steroid dienone is 1. The molecule has 1 aliphatic heterocycles. The minimum absolute atomic E-state index is 0.0149. The van der Waals surface area contributed by atoms with Crippen LogP contribution in [0.2, 0.25) is 0 Å². The zero-order valence-corrected chi connectivity index (χ0v) is 14.0. The van der Waals surface area contributed by atoms with Gasteiger partial charge < -0.3 is 0 Å². The summed E-state index contributed by atoms with van der Waals surface area (Å²) in [6.45, 7) is 0. The molecule has 0 fully saturated rings. The second kappa shape index (κ2) is 7.17. The number of benzene rings is 2. The zero-order valence-electron chi connectivity index (χ0n) is 13.2. The van der Waals surface area contributed by atoms with E-state index in [1.807, 2.05) is 6.08 Å². The molecule has 2 N–H and O–H groups in total. The molecule has 2 aromatic rings. The topological polar surface area (TPSA) is 89.4 Å². The van der Waals surface area contributed by atoms with Crippen molar-refractivity contribution in [1.29, 1.82) is 0 Å². The summed E-state index contributed by atoms with van der Waals surface area (Å²) in [4.78, 5) is 12.3. The summed E-state index contributed by atoms with van der Waals surface area (Å²) in [7, 11) is -3.78. The number of hydrogen-bond donors (Lipinski definition) is 2. The SMILES string of the molecule is O=C(NC1=[N+]=CC=CC1)c1cccc(S(=O)(=O)Nc2ccccc2)c1. The molecule has 0 saturated heterocycles. The smallest absolute Gasteiger partial charge is 0.280 e. The molecule has 2 aromatic carbocycles. The number of anilines is 1. The normalized spacial score (nSPS) is 13.2. The van der Waals surface area contributed by atoms with Gasteiger partial charge in [0.2, 0.25) is 0 Å². The maximum Gasteiger partial charge on any atom is 0.354 e. The lowest BCUT2D eigenvalue weighted by Crippen LogP contribution is -2.32. The van der Waals surface area contributed by atoms with Gasteiger partial charge in [-0.05, 0) is 36.4 Å². The molecule has 0 saturated carbocycles. The first kappa shape index (κ1) is 16.7. The van der Waals surface area contributed by atoms with E-state index >= 15 is 0 Å². The van der Waals surface area contributed by atoms with Crippen LogP contribution in [-0.4, -0.2) is 26.4 Å². The molecule has 0 bridgehead atoms. The monoisotopic (exact) mass is 354 g/mol. The Morgan fingerprint density at radius 1 is 1.04 bits per heavy atom. The van der Waals surface area contributed by atoms with Crippen LogP contribution in [0.25, 0.3) is 0 Å². The summed E-state index contributed by atoms with van der Waals surface area (Å²) < 4.78 is 31.5. The third-order valence-corrected chi connectivity index (χ3v) is 4.83. The Kier molecular flexibility index (Phi) is 4.79. The van der Waals surface area contributed by atoms with Gasteiger partial charge in [0.25, 0.3) is 10.0 Å². The number of nitrogens with zero attached hydrogens (tertiary/aromatic N) is 1. The van der Waals surface area contributed by atoms with E-state index in [4.69, 9.17) is 0 Å². The van der Waals surface area contributed by atoms with Crippen LogP contribution in [0.1, 0.15) is 16.8 Å². The van der Waals surface area contributed by atoms with E-state index in [9.17, 15) is 13.2 Å². The van der Waals surface area contributed by atoms with Gasteiger partial charge in [0.1, 0.15) is 0 Å². The molecule has 126 valence electrons. The van der Waals surface area contributed by atoms with Crippen molar-refractivity contribution in [3.63, 3.8) is 0 Å². The van der Waals surface area contributed by atoms with Crippen molar-refractivity contribution in [3.8, 4) is 0 Å². The molecule has 0 spiro atoms. The van der Waals surface area contributed by atoms with Crippen molar-refractivity contribution in [2.75, 3.05) is 4.72 Å². The highest BCUT2D eigenvalue weighted by atomic mass is 32.2. The molecular formula is C18H16N3O3S+. The average Bonchev–Trinajstić information content (AvgIpc) is 2.63. The standard InChI is InChI=1S/C18H15N3O3S/c22-18(20-17-11-4-5-12-19-17)14-7-6-10-16(13-14)25(23,24)21-15-8-2-1-3-9-15/h1-10,12-13,21H,11H2/p+1. The Labute approximate surface area is 145 Å². The fraction of sp³-hybridized carbons (Fsp3) is 0.0556. The van der Waals surface area contributed by atoms with Crippen LogP contribution in [0.3, 0.4) is 0 Å². The number of carbonyl (C=O) groups excluding carboxylic acids is 1. The Balaban J connectivity index is 1.81. The highest BCUT2D eigenvalue weighted by molar-refractivity contribution is 7.92. The Morgan fingerprint density at radius 3 is 2.56 bits per heavy atom. The summed E-state index contributed by atoms with van der Waals surface area (Å²) in [6, 6.07) is 14.4. The third-order valence-electron chi connectivity index (χ3n) is 3.45. The molecule has 1 aliphatic rings. The molecule has 25 heavy (non-hydrogen) atoms. The molecule has 1 heterocycles. The summed E-state index contributed by atoms with van der Waals surface area (Å²) in [5.74, 6) is 0.113. The minimum Gasteiger partial charge on any atom is -0.280 e. The van der Waals surface area contributed by atoms with Gasteiger partial charge in [-0.1, -0.05) is 30.3 Å². The second-order valence-electron chi connectivity index (χ2n) is 5.31. The largest absolute Gasteiger partial charge is 0.354 e. The van der Waals surface area contributed by atoms with Gasteiger partial charge in [-0.3, -0.25) is 4.72 Å². The van der Waals surface area contributed by atoms with E-state index in [2.05, 4.69) is 14.7 Å². The summed E-state index contributed by atoms with van der Waals surface area (Å²) in [5, 5.41) is 2.68. The maximum atomic E-state index is 12.5. The van der Waals surface area contributed by atoms with Gasteiger partial charge in [-0.15, -0.1) is 0 Å². The first-order chi connectivity index (χ1) is 12.0. The molecule has 1 amide bonds. The van der Waals surface area contributed by atoms with Crippen molar-refractivity contribution in [2.24, 2.45) is 0 Å². The molecule has 0 atom stereocenters. The number of sulfonamides is 1. The Morgan fingerprint density at radius 2 is 1.84 bits per heavy atom. The molecule has 0 aliphatic carbocycles. The fourth-order valence-corrected chi connectivity index (χ4v) is 3.34. The van der Waals surface area contributed by atoms with Crippen molar-refractivity contribution >= 4 is 33.7 Å². The summed E-state index contributed by atoms with van der Waals surface area (Å²) >= 11 is 0. The van der Waals surface area contributed by atoms with E-state index in [-0.39, 0.29) is 10.5 Å². The van der Waals surface area contributed by atoms with Gasteiger partial charge in [-0.25, -0.2) is 17.9 Å². The van der Waals surface area contributed by atoms with Crippen LogP contribution in [-0.2, 0) is 10.0 Å². The molecule has 0 unspecified atom stereocenters. The first-order valence-corrected chi connectivity index (χ1v) is 9.07. The lowest BCUT2D eigenvalue weighted by molar-refractivity contribution is 0.0976. The average molecular weight is 354 g/mol. The van der Waals surface area contributed by atoms with Crippen molar-refractivity contribution < 1.29 is 13.2 Å². The molecule has 7 heteroatoms. The number of carbonyl (C=O) groups is 1. The van der Waals surface area contributed by atoms with Crippen molar-refractivity contribution in [3.05, 3.63) is 72.3 Å². The number of hydrogen-bond acceptors (Lipinski definition) is 3. The van der Waals surface area contributed by atoms with Gasteiger partial charge in [0, 0.05) is 5.69 Å². The van der Waals surface area contributed by atoms with E-state index in [1.54, 1.807) is 48.7 Å². The van der Waals surface area contributed by atoms with Gasteiger partial charge in [-0.2, -0.15) is 5.32 Å². The summed E-state index contributed by atoms with van der Waals surface area (Å²) in [6.07, 6.45) is 5.77. The molecule has 0 radical (unpaired) electrons. The fourth-order valence-electron chi connectivity index (χ4n) is 2.24. The van der Waals surface area contributed by atoms with Crippen molar-refractivity contribution in [1.82, 2.24) is 9.98 Å². The van der Waals surface area contributed by atoms with Gasteiger partial charge in [0.15, 0.2) is 6.21 Å². The molecule has 3 rings (SSSR count).